The quantitative estimate of drug-likeness (QED) is 0.748. The number of aromatic amines is 1. The Morgan fingerprint density at radius 3 is 2.75 bits per heavy atom. The Morgan fingerprint density at radius 2 is 2.20 bits per heavy atom. The molecule has 20 heavy (non-hydrogen) atoms. The number of hydrogen-bond acceptors (Lipinski definition) is 5. The number of likely N-dealkylation sites (N-methyl/N-ethyl adjacent to an activating group) is 1. The zero-order chi connectivity index (χ0) is 14.5. The molecule has 0 saturated carbocycles. The summed E-state index contributed by atoms with van der Waals surface area (Å²) in [6.07, 6.45) is 3.63. The fraction of sp³-hybridized carbons (Fsp3) is 0.429. The van der Waals surface area contributed by atoms with Crippen molar-refractivity contribution in [3.8, 4) is 0 Å². The summed E-state index contributed by atoms with van der Waals surface area (Å²) in [6.45, 7) is 4.80. The number of aliphatic hydroxyl groups is 1. The molecule has 3 N–H and O–H groups in total. The summed E-state index contributed by atoms with van der Waals surface area (Å²) >= 11 is 0. The number of hydrogen-bond donors (Lipinski definition) is 3. The fourth-order valence-corrected chi connectivity index (χ4v) is 2.07. The molecule has 0 amide bonds. The number of pyridine rings is 1. The second-order valence-corrected chi connectivity index (χ2v) is 4.86. The van der Waals surface area contributed by atoms with Crippen molar-refractivity contribution < 1.29 is 5.11 Å². The molecule has 0 radical (unpaired) electrons. The largest absolute Gasteiger partial charge is 0.395 e. The number of aryl methyl sites for hydroxylation is 1. The Kier molecular flexibility index (Phi) is 4.57. The van der Waals surface area contributed by atoms with E-state index < -0.39 is 0 Å². The van der Waals surface area contributed by atoms with Crippen molar-refractivity contribution >= 4 is 11.5 Å². The highest BCUT2D eigenvalue weighted by Crippen LogP contribution is 2.20. The number of anilines is 2. The highest BCUT2D eigenvalue weighted by atomic mass is 16.3. The molecule has 6 heteroatoms. The van der Waals surface area contributed by atoms with Gasteiger partial charge < -0.3 is 15.3 Å². The molecule has 2 aromatic heterocycles. The summed E-state index contributed by atoms with van der Waals surface area (Å²) in [5.41, 5.74) is 3.18. The summed E-state index contributed by atoms with van der Waals surface area (Å²) < 4.78 is 0. The van der Waals surface area contributed by atoms with Crippen LogP contribution >= 0.6 is 0 Å². The van der Waals surface area contributed by atoms with Gasteiger partial charge in [-0.25, -0.2) is 4.98 Å². The number of nitrogens with one attached hydrogen (secondary N) is 2. The normalized spacial score (nSPS) is 12.2. The van der Waals surface area contributed by atoms with Gasteiger partial charge in [-0.3, -0.25) is 5.10 Å². The second-order valence-electron chi connectivity index (χ2n) is 4.86. The number of aliphatic hydroxyl groups excluding tert-OH is 1. The smallest absolute Gasteiger partial charge is 0.126 e. The Morgan fingerprint density at radius 1 is 1.40 bits per heavy atom. The molecule has 6 nitrogen and oxygen atoms in total. The van der Waals surface area contributed by atoms with E-state index in [0.29, 0.717) is 6.54 Å². The number of nitrogens with zero attached hydrogens (tertiary/aromatic N) is 3. The summed E-state index contributed by atoms with van der Waals surface area (Å²) in [7, 11) is 1.93. The van der Waals surface area contributed by atoms with Gasteiger partial charge in [-0.15, -0.1) is 0 Å². The number of rotatable bonds is 6. The third-order valence-electron chi connectivity index (χ3n) is 3.32. The maximum absolute atomic E-state index is 8.92. The van der Waals surface area contributed by atoms with Crippen LogP contribution in [0.4, 0.5) is 11.5 Å². The molecule has 2 rings (SSSR count). The third-order valence-corrected chi connectivity index (χ3v) is 3.32. The van der Waals surface area contributed by atoms with Crippen LogP contribution in [0.1, 0.15) is 24.2 Å². The fourth-order valence-electron chi connectivity index (χ4n) is 2.07. The lowest BCUT2D eigenvalue weighted by Gasteiger charge is -2.18. The van der Waals surface area contributed by atoms with Crippen LogP contribution in [0.3, 0.4) is 0 Å². The molecular weight excluding hydrogens is 254 g/mol. The summed E-state index contributed by atoms with van der Waals surface area (Å²) in [5, 5.41) is 19.2. The predicted molar refractivity (Wildman–Crippen MR) is 80.0 cm³/mol. The molecule has 2 aromatic rings. The Balaban J connectivity index is 2.02. The van der Waals surface area contributed by atoms with Crippen molar-refractivity contribution in [3.05, 3.63) is 35.8 Å². The minimum Gasteiger partial charge on any atom is -0.395 e. The first-order chi connectivity index (χ1) is 9.61. The average Bonchev–Trinajstić information content (AvgIpc) is 2.86. The minimum absolute atomic E-state index is 0.132. The molecule has 0 aliphatic carbocycles. The first-order valence-electron chi connectivity index (χ1n) is 6.66. The van der Waals surface area contributed by atoms with E-state index in [9.17, 15) is 0 Å². The Hall–Kier alpha value is -2.08. The molecule has 1 atom stereocenters. The van der Waals surface area contributed by atoms with E-state index in [4.69, 9.17) is 5.11 Å². The molecule has 0 aliphatic heterocycles. The van der Waals surface area contributed by atoms with Crippen LogP contribution in [0.2, 0.25) is 0 Å². The van der Waals surface area contributed by atoms with Gasteiger partial charge in [0.15, 0.2) is 0 Å². The first-order valence-corrected chi connectivity index (χ1v) is 6.66. The van der Waals surface area contributed by atoms with Crippen LogP contribution < -0.4 is 10.2 Å². The molecule has 0 aliphatic rings. The van der Waals surface area contributed by atoms with Gasteiger partial charge in [-0.2, -0.15) is 5.10 Å². The van der Waals surface area contributed by atoms with Crippen molar-refractivity contribution in [2.45, 2.75) is 19.9 Å². The van der Waals surface area contributed by atoms with Crippen molar-refractivity contribution in [2.75, 3.05) is 30.4 Å². The Labute approximate surface area is 118 Å². The van der Waals surface area contributed by atoms with E-state index in [1.807, 2.05) is 37.2 Å². The van der Waals surface area contributed by atoms with Crippen LogP contribution in [-0.2, 0) is 0 Å². The monoisotopic (exact) mass is 275 g/mol. The zero-order valence-electron chi connectivity index (χ0n) is 12.1. The van der Waals surface area contributed by atoms with Gasteiger partial charge in [0.05, 0.1) is 30.7 Å². The van der Waals surface area contributed by atoms with Gasteiger partial charge in [0.25, 0.3) is 0 Å². The van der Waals surface area contributed by atoms with Gasteiger partial charge >= 0.3 is 0 Å². The van der Waals surface area contributed by atoms with E-state index in [1.165, 1.54) is 0 Å². The van der Waals surface area contributed by atoms with E-state index in [-0.39, 0.29) is 12.6 Å². The zero-order valence-corrected chi connectivity index (χ0v) is 12.1. The Bertz CT molecular complexity index is 537. The molecule has 0 fully saturated rings. The molecular formula is C14H21N5O. The van der Waals surface area contributed by atoms with Gasteiger partial charge in [0, 0.05) is 24.8 Å². The maximum Gasteiger partial charge on any atom is 0.126 e. The summed E-state index contributed by atoms with van der Waals surface area (Å²) in [4.78, 5) is 6.36. The van der Waals surface area contributed by atoms with Gasteiger partial charge in [-0.05, 0) is 26.0 Å². The predicted octanol–water partition coefficient (Wildman–Crippen LogP) is 1.71. The van der Waals surface area contributed by atoms with E-state index >= 15 is 0 Å². The van der Waals surface area contributed by atoms with Gasteiger partial charge in [0.2, 0.25) is 0 Å². The van der Waals surface area contributed by atoms with Crippen LogP contribution in [-0.4, -0.2) is 40.5 Å². The van der Waals surface area contributed by atoms with Crippen molar-refractivity contribution in [2.24, 2.45) is 0 Å². The summed E-state index contributed by atoms with van der Waals surface area (Å²) in [5.74, 6) is 0.819. The van der Waals surface area contributed by atoms with Crippen molar-refractivity contribution in [1.29, 1.82) is 0 Å². The van der Waals surface area contributed by atoms with Gasteiger partial charge in [-0.1, -0.05) is 0 Å². The van der Waals surface area contributed by atoms with E-state index in [1.54, 1.807) is 6.20 Å². The molecule has 0 bridgehead atoms. The maximum atomic E-state index is 8.92. The van der Waals surface area contributed by atoms with Crippen LogP contribution in [0.15, 0.2) is 24.5 Å². The van der Waals surface area contributed by atoms with Crippen molar-refractivity contribution in [3.63, 3.8) is 0 Å². The van der Waals surface area contributed by atoms with E-state index in [2.05, 4.69) is 27.4 Å². The lowest BCUT2D eigenvalue weighted by Crippen LogP contribution is -2.21. The molecule has 0 saturated heterocycles. The lowest BCUT2D eigenvalue weighted by molar-refractivity contribution is 0.304. The van der Waals surface area contributed by atoms with Crippen LogP contribution in [0, 0.1) is 6.92 Å². The number of H-pyrrole nitrogens is 1. The standard InChI is InChI=1S/C14H21N5O/c1-10(13-9-16-18-11(13)2)17-14-5-4-12(8-15-14)19(3)6-7-20/h4-5,8-10,20H,6-7H2,1-3H3,(H,15,17)(H,16,18). The van der Waals surface area contributed by atoms with Gasteiger partial charge in [0.1, 0.15) is 5.82 Å². The molecule has 108 valence electrons. The van der Waals surface area contributed by atoms with Crippen LogP contribution in [0.5, 0.6) is 0 Å². The molecule has 0 aromatic carbocycles. The molecule has 2 heterocycles. The minimum atomic E-state index is 0.132. The average molecular weight is 275 g/mol. The second kappa shape index (κ2) is 6.38. The first kappa shape index (κ1) is 14.3. The highest BCUT2D eigenvalue weighted by molar-refractivity contribution is 5.49. The lowest BCUT2D eigenvalue weighted by atomic mass is 10.1. The highest BCUT2D eigenvalue weighted by Gasteiger charge is 2.10. The van der Waals surface area contributed by atoms with Crippen molar-refractivity contribution in [1.82, 2.24) is 15.2 Å². The molecule has 1 unspecified atom stereocenters. The molecule has 0 spiro atoms. The van der Waals surface area contributed by atoms with E-state index in [0.717, 1.165) is 22.8 Å². The summed E-state index contributed by atoms with van der Waals surface area (Å²) in [6, 6.07) is 4.07. The SMILES string of the molecule is Cc1[nH]ncc1C(C)Nc1ccc(N(C)CCO)cn1. The topological polar surface area (TPSA) is 77.1 Å². The van der Waals surface area contributed by atoms with Crippen LogP contribution in [0.25, 0.3) is 0 Å². The third kappa shape index (κ3) is 3.27. The number of aromatic nitrogens is 3.